The second-order valence-corrected chi connectivity index (χ2v) is 3.21. The molecule has 0 atom stereocenters. The van der Waals surface area contributed by atoms with Gasteiger partial charge in [-0.25, -0.2) is 0 Å². The van der Waals surface area contributed by atoms with E-state index in [1.54, 1.807) is 0 Å². The second-order valence-electron chi connectivity index (χ2n) is 2.65. The molecule has 0 aliphatic heterocycles. The maximum atomic E-state index is 3.43. The minimum atomic E-state index is 0.500. The van der Waals surface area contributed by atoms with Gasteiger partial charge >= 0.3 is 0 Å². The van der Waals surface area contributed by atoms with E-state index < -0.39 is 0 Å². The molecule has 0 radical (unpaired) electrons. The third kappa shape index (κ3) is 3.10. The molecule has 0 aromatic heterocycles. The van der Waals surface area contributed by atoms with E-state index >= 15 is 0 Å². The van der Waals surface area contributed by atoms with Gasteiger partial charge in [-0.05, 0) is 5.41 Å². The van der Waals surface area contributed by atoms with Crippen LogP contribution < -0.4 is 0 Å². The molecular formula is C6H13Br. The zero-order valence-corrected chi connectivity index (χ0v) is 6.88. The zero-order valence-electron chi connectivity index (χ0n) is 5.29. The molecule has 0 amide bonds. The first kappa shape index (κ1) is 7.48. The Bertz CT molecular complexity index is 42.1. The molecule has 0 nitrogen and oxygen atoms in total. The lowest BCUT2D eigenvalue weighted by molar-refractivity contribution is 0.411. The highest BCUT2D eigenvalue weighted by atomic mass is 79.9. The predicted octanol–water partition coefficient (Wildman–Crippen LogP) is 2.82. The van der Waals surface area contributed by atoms with Crippen LogP contribution in [0.4, 0.5) is 0 Å². The summed E-state index contributed by atoms with van der Waals surface area (Å²) in [6.45, 7) is 6.71. The second kappa shape index (κ2) is 2.71. The fraction of sp³-hybridized carbons (Fsp3) is 1.00. The Morgan fingerprint density at radius 3 is 1.86 bits per heavy atom. The lowest BCUT2D eigenvalue weighted by atomic mass is 9.94. The van der Waals surface area contributed by atoms with E-state index in [0.29, 0.717) is 5.41 Å². The van der Waals surface area contributed by atoms with Crippen molar-refractivity contribution in [2.75, 3.05) is 5.33 Å². The zero-order chi connectivity index (χ0) is 5.91. The standard InChI is InChI=1S/C6H13Br/c1-4-6(2,3)5-7/h4-5H2,1-3H3. The van der Waals surface area contributed by atoms with Crippen LogP contribution in [0, 0.1) is 5.41 Å². The molecule has 0 saturated heterocycles. The molecule has 0 heterocycles. The molecule has 0 bridgehead atoms. The summed E-state index contributed by atoms with van der Waals surface area (Å²) in [6, 6.07) is 0. The van der Waals surface area contributed by atoms with Gasteiger partial charge in [0, 0.05) is 5.33 Å². The third-order valence-electron chi connectivity index (χ3n) is 1.32. The summed E-state index contributed by atoms with van der Waals surface area (Å²) in [5.74, 6) is 0. The van der Waals surface area contributed by atoms with Gasteiger partial charge in [0.25, 0.3) is 0 Å². The predicted molar refractivity (Wildman–Crippen MR) is 37.9 cm³/mol. The van der Waals surface area contributed by atoms with E-state index in [4.69, 9.17) is 0 Å². The minimum absolute atomic E-state index is 0.500. The van der Waals surface area contributed by atoms with Crippen LogP contribution >= 0.6 is 15.9 Å². The van der Waals surface area contributed by atoms with E-state index in [2.05, 4.69) is 36.7 Å². The summed E-state index contributed by atoms with van der Waals surface area (Å²) >= 11 is 3.43. The van der Waals surface area contributed by atoms with Crippen LogP contribution in [0.25, 0.3) is 0 Å². The van der Waals surface area contributed by atoms with E-state index in [1.807, 2.05) is 0 Å². The Morgan fingerprint density at radius 1 is 1.43 bits per heavy atom. The molecule has 0 aromatic carbocycles. The van der Waals surface area contributed by atoms with Gasteiger partial charge in [0.15, 0.2) is 0 Å². The molecule has 0 fully saturated rings. The fourth-order valence-corrected chi connectivity index (χ4v) is 0.491. The van der Waals surface area contributed by atoms with Crippen molar-refractivity contribution in [2.24, 2.45) is 5.41 Å². The number of hydrogen-bond donors (Lipinski definition) is 0. The number of rotatable bonds is 2. The van der Waals surface area contributed by atoms with Crippen LogP contribution in [0.5, 0.6) is 0 Å². The fourth-order valence-electron chi connectivity index (χ4n) is 0.0945. The van der Waals surface area contributed by atoms with Gasteiger partial charge in [-0.3, -0.25) is 0 Å². The van der Waals surface area contributed by atoms with Crippen LogP contribution in [0.2, 0.25) is 0 Å². The van der Waals surface area contributed by atoms with E-state index in [0.717, 1.165) is 5.33 Å². The van der Waals surface area contributed by atoms with Crippen molar-refractivity contribution < 1.29 is 0 Å². The molecule has 0 aliphatic rings. The van der Waals surface area contributed by atoms with Crippen LogP contribution in [0.1, 0.15) is 27.2 Å². The summed E-state index contributed by atoms with van der Waals surface area (Å²) in [5, 5.41) is 1.11. The summed E-state index contributed by atoms with van der Waals surface area (Å²) in [4.78, 5) is 0. The van der Waals surface area contributed by atoms with Gasteiger partial charge < -0.3 is 0 Å². The van der Waals surface area contributed by atoms with Crippen molar-refractivity contribution in [3.8, 4) is 0 Å². The Hall–Kier alpha value is 0.480. The largest absolute Gasteiger partial charge is 0.0922 e. The quantitative estimate of drug-likeness (QED) is 0.552. The first-order chi connectivity index (χ1) is 3.12. The number of alkyl halides is 1. The summed E-state index contributed by atoms with van der Waals surface area (Å²) in [7, 11) is 0. The maximum Gasteiger partial charge on any atom is 0.00825 e. The van der Waals surface area contributed by atoms with Gasteiger partial charge in [0.2, 0.25) is 0 Å². The molecule has 0 N–H and O–H groups in total. The summed E-state index contributed by atoms with van der Waals surface area (Å²) in [5.41, 5.74) is 0.500. The Morgan fingerprint density at radius 2 is 1.86 bits per heavy atom. The number of hydrogen-bond acceptors (Lipinski definition) is 0. The van der Waals surface area contributed by atoms with Crippen molar-refractivity contribution in [1.82, 2.24) is 0 Å². The van der Waals surface area contributed by atoms with E-state index in [1.165, 1.54) is 6.42 Å². The highest BCUT2D eigenvalue weighted by Gasteiger charge is 2.10. The Balaban J connectivity index is 3.36. The van der Waals surface area contributed by atoms with Crippen molar-refractivity contribution in [1.29, 1.82) is 0 Å². The van der Waals surface area contributed by atoms with Crippen molar-refractivity contribution in [3.63, 3.8) is 0 Å². The van der Waals surface area contributed by atoms with Gasteiger partial charge in [-0.2, -0.15) is 0 Å². The monoisotopic (exact) mass is 164 g/mol. The average Bonchev–Trinajstić information content (AvgIpc) is 1.68. The van der Waals surface area contributed by atoms with Crippen LogP contribution in [0.15, 0.2) is 0 Å². The first-order valence-electron chi connectivity index (χ1n) is 2.68. The van der Waals surface area contributed by atoms with Crippen LogP contribution in [-0.4, -0.2) is 5.33 Å². The third-order valence-corrected chi connectivity index (χ3v) is 2.84. The summed E-state index contributed by atoms with van der Waals surface area (Å²) < 4.78 is 0. The molecule has 0 saturated carbocycles. The van der Waals surface area contributed by atoms with Gasteiger partial charge in [0.05, 0.1) is 0 Å². The SMILES string of the molecule is CCC(C)(C)CBr. The molecule has 0 spiro atoms. The molecule has 0 unspecified atom stereocenters. The molecule has 44 valence electrons. The Kier molecular flexibility index (Phi) is 2.89. The lowest BCUT2D eigenvalue weighted by Gasteiger charge is -2.17. The molecular weight excluding hydrogens is 152 g/mol. The van der Waals surface area contributed by atoms with Crippen LogP contribution in [0.3, 0.4) is 0 Å². The smallest absolute Gasteiger partial charge is 0.00825 e. The Labute approximate surface area is 54.4 Å². The van der Waals surface area contributed by atoms with Crippen molar-refractivity contribution in [2.45, 2.75) is 27.2 Å². The van der Waals surface area contributed by atoms with E-state index in [-0.39, 0.29) is 0 Å². The molecule has 7 heavy (non-hydrogen) atoms. The molecule has 1 heteroatoms. The topological polar surface area (TPSA) is 0 Å². The summed E-state index contributed by atoms with van der Waals surface area (Å²) in [6.07, 6.45) is 1.25. The highest BCUT2D eigenvalue weighted by molar-refractivity contribution is 9.09. The molecule has 0 aromatic rings. The van der Waals surface area contributed by atoms with Crippen LogP contribution in [-0.2, 0) is 0 Å². The van der Waals surface area contributed by atoms with Gasteiger partial charge in [-0.15, -0.1) is 0 Å². The number of halogens is 1. The minimum Gasteiger partial charge on any atom is -0.0922 e. The van der Waals surface area contributed by atoms with Crippen molar-refractivity contribution in [3.05, 3.63) is 0 Å². The van der Waals surface area contributed by atoms with Gasteiger partial charge in [-0.1, -0.05) is 43.1 Å². The normalized spacial score (nSPS) is 12.0. The van der Waals surface area contributed by atoms with E-state index in [9.17, 15) is 0 Å². The maximum absolute atomic E-state index is 3.43. The molecule has 0 aliphatic carbocycles. The van der Waals surface area contributed by atoms with Gasteiger partial charge in [0.1, 0.15) is 0 Å². The molecule has 0 rings (SSSR count). The highest BCUT2D eigenvalue weighted by Crippen LogP contribution is 2.21. The first-order valence-corrected chi connectivity index (χ1v) is 3.80. The lowest BCUT2D eigenvalue weighted by Crippen LogP contribution is -2.09. The van der Waals surface area contributed by atoms with Crippen molar-refractivity contribution >= 4 is 15.9 Å². The average molecular weight is 165 g/mol.